The number of nitrogens with zero attached hydrogens (tertiary/aromatic N) is 1. The number of amides is 1. The number of hydrogen-bond donors (Lipinski definition) is 1. The van der Waals surface area contributed by atoms with Gasteiger partial charge in [-0.25, -0.2) is 0 Å². The van der Waals surface area contributed by atoms with E-state index < -0.39 is 6.61 Å². The third kappa shape index (κ3) is 3.91. The number of rotatable bonds is 5. The lowest BCUT2D eigenvalue weighted by Gasteiger charge is -2.31. The fourth-order valence-corrected chi connectivity index (χ4v) is 3.62. The number of anilines is 1. The average molecular weight is 352 g/mol. The van der Waals surface area contributed by atoms with Crippen molar-refractivity contribution in [2.75, 3.05) is 11.9 Å². The Hall–Kier alpha value is -1.99. The van der Waals surface area contributed by atoms with Crippen molar-refractivity contribution in [1.82, 2.24) is 4.90 Å². The van der Waals surface area contributed by atoms with Crippen molar-refractivity contribution in [2.24, 2.45) is 0 Å². The van der Waals surface area contributed by atoms with E-state index in [-0.39, 0.29) is 17.7 Å². The number of carbonyl (C=O) groups is 1. The molecule has 1 unspecified atom stereocenters. The van der Waals surface area contributed by atoms with E-state index >= 15 is 0 Å². The van der Waals surface area contributed by atoms with E-state index in [1.54, 1.807) is 23.5 Å². The van der Waals surface area contributed by atoms with Gasteiger partial charge in [0.2, 0.25) is 5.91 Å². The molecule has 0 spiro atoms. The highest BCUT2D eigenvalue weighted by molar-refractivity contribution is 7.10. The van der Waals surface area contributed by atoms with Crippen LogP contribution in [0.3, 0.4) is 0 Å². The van der Waals surface area contributed by atoms with Crippen molar-refractivity contribution < 1.29 is 18.3 Å². The number of halogens is 2. The summed E-state index contributed by atoms with van der Waals surface area (Å²) in [7, 11) is 0. The van der Waals surface area contributed by atoms with E-state index in [1.165, 1.54) is 22.6 Å². The minimum absolute atomic E-state index is 0.0667. The van der Waals surface area contributed by atoms with Crippen molar-refractivity contribution in [2.45, 2.75) is 32.5 Å². The van der Waals surface area contributed by atoms with Gasteiger partial charge in [-0.3, -0.25) is 9.69 Å². The maximum atomic E-state index is 12.4. The average Bonchev–Trinajstić information content (AvgIpc) is 3.03. The maximum Gasteiger partial charge on any atom is 0.387 e. The third-order valence-electron chi connectivity index (χ3n) is 4.11. The van der Waals surface area contributed by atoms with Crippen LogP contribution in [0.25, 0.3) is 0 Å². The number of alkyl halides is 2. The van der Waals surface area contributed by atoms with Crippen molar-refractivity contribution in [3.8, 4) is 5.75 Å². The van der Waals surface area contributed by atoms with Crippen LogP contribution >= 0.6 is 11.3 Å². The van der Waals surface area contributed by atoms with Crippen LogP contribution in [0.2, 0.25) is 0 Å². The molecular weight excluding hydrogens is 334 g/mol. The number of carbonyl (C=O) groups excluding carboxylic acids is 1. The number of hydrogen-bond acceptors (Lipinski definition) is 4. The Balaban J connectivity index is 1.58. The van der Waals surface area contributed by atoms with Crippen LogP contribution < -0.4 is 10.1 Å². The minimum atomic E-state index is -2.86. The molecule has 7 heteroatoms. The summed E-state index contributed by atoms with van der Waals surface area (Å²) in [5.41, 5.74) is 1.85. The summed E-state index contributed by atoms with van der Waals surface area (Å²) in [6, 6.07) is 7.76. The zero-order chi connectivity index (χ0) is 17.1. The predicted octanol–water partition coefficient (Wildman–Crippen LogP) is 3.73. The molecule has 0 radical (unpaired) electrons. The largest absolute Gasteiger partial charge is 0.435 e. The van der Waals surface area contributed by atoms with Crippen molar-refractivity contribution in [1.29, 1.82) is 0 Å². The highest BCUT2D eigenvalue weighted by Crippen LogP contribution is 2.25. The summed E-state index contributed by atoms with van der Waals surface area (Å²) in [4.78, 5) is 16.0. The molecule has 0 saturated heterocycles. The Morgan fingerprint density at radius 3 is 2.75 bits per heavy atom. The van der Waals surface area contributed by atoms with Crippen molar-refractivity contribution in [3.05, 3.63) is 46.2 Å². The molecule has 24 heavy (non-hydrogen) atoms. The van der Waals surface area contributed by atoms with Gasteiger partial charge in [-0.2, -0.15) is 8.78 Å². The van der Waals surface area contributed by atoms with Crippen LogP contribution in [-0.4, -0.2) is 30.0 Å². The topological polar surface area (TPSA) is 41.6 Å². The number of nitrogens with one attached hydrogen (secondary N) is 1. The van der Waals surface area contributed by atoms with Gasteiger partial charge in [0, 0.05) is 23.7 Å². The van der Waals surface area contributed by atoms with Gasteiger partial charge in [-0.05, 0) is 54.6 Å². The summed E-state index contributed by atoms with van der Waals surface area (Å²) in [5, 5.41) is 4.90. The van der Waals surface area contributed by atoms with E-state index in [1.807, 2.05) is 6.92 Å². The molecule has 3 rings (SSSR count). The first-order chi connectivity index (χ1) is 11.5. The van der Waals surface area contributed by atoms with Crippen molar-refractivity contribution in [3.63, 3.8) is 0 Å². The first-order valence-electron chi connectivity index (χ1n) is 7.68. The molecule has 1 aliphatic heterocycles. The molecular formula is C17H18F2N2O2S. The Morgan fingerprint density at radius 2 is 2.04 bits per heavy atom. The summed E-state index contributed by atoms with van der Waals surface area (Å²) in [6.07, 6.45) is 0.963. The summed E-state index contributed by atoms with van der Waals surface area (Å²) in [6.45, 7) is 0.644. The fourth-order valence-electron chi connectivity index (χ4n) is 2.73. The van der Waals surface area contributed by atoms with Crippen LogP contribution in [0.1, 0.15) is 17.4 Å². The summed E-state index contributed by atoms with van der Waals surface area (Å²) < 4.78 is 28.5. The summed E-state index contributed by atoms with van der Waals surface area (Å²) in [5.74, 6) is -0.0479. The Labute approximate surface area is 143 Å². The number of fused-ring (bicyclic) bond motifs is 1. The van der Waals surface area contributed by atoms with Crippen molar-refractivity contribution >= 4 is 22.9 Å². The quantitative estimate of drug-likeness (QED) is 0.891. The molecule has 1 aliphatic rings. The second-order valence-electron chi connectivity index (χ2n) is 5.66. The molecule has 0 bridgehead atoms. The molecule has 1 aromatic heterocycles. The molecule has 1 aromatic carbocycles. The van der Waals surface area contributed by atoms with Gasteiger partial charge < -0.3 is 10.1 Å². The lowest BCUT2D eigenvalue weighted by Crippen LogP contribution is -2.44. The molecule has 128 valence electrons. The molecule has 0 saturated carbocycles. The van der Waals surface area contributed by atoms with Gasteiger partial charge in [0.25, 0.3) is 0 Å². The fraction of sp³-hybridized carbons (Fsp3) is 0.353. The molecule has 2 heterocycles. The van der Waals surface area contributed by atoms with Crippen LogP contribution in [0.4, 0.5) is 14.5 Å². The summed E-state index contributed by atoms with van der Waals surface area (Å²) >= 11 is 1.76. The van der Waals surface area contributed by atoms with Gasteiger partial charge in [-0.15, -0.1) is 11.3 Å². The lowest BCUT2D eigenvalue weighted by atomic mass is 10.1. The Morgan fingerprint density at radius 1 is 1.29 bits per heavy atom. The standard InChI is InChI=1S/C17H18F2N2O2S/c1-11(21-8-6-15-12(10-21)7-9-24-15)16(22)20-13-2-4-14(5-3-13)23-17(18)19/h2-5,7,9,11,17H,6,8,10H2,1H3,(H,20,22). The molecule has 1 atom stereocenters. The van der Waals surface area contributed by atoms with Crippen LogP contribution in [0, 0.1) is 0 Å². The number of benzene rings is 1. The molecule has 0 fully saturated rings. The third-order valence-corrected chi connectivity index (χ3v) is 5.13. The monoisotopic (exact) mass is 352 g/mol. The zero-order valence-corrected chi connectivity index (χ0v) is 14.0. The van der Waals surface area contributed by atoms with E-state index in [0.29, 0.717) is 5.69 Å². The Kier molecular flexibility index (Phi) is 5.11. The van der Waals surface area contributed by atoms with Crippen LogP contribution in [0.15, 0.2) is 35.7 Å². The highest BCUT2D eigenvalue weighted by Gasteiger charge is 2.25. The molecule has 0 aliphatic carbocycles. The molecule has 1 N–H and O–H groups in total. The zero-order valence-electron chi connectivity index (χ0n) is 13.2. The second kappa shape index (κ2) is 7.27. The van der Waals surface area contributed by atoms with E-state index in [2.05, 4.69) is 26.4 Å². The first kappa shape index (κ1) is 16.9. The minimum Gasteiger partial charge on any atom is -0.435 e. The first-order valence-corrected chi connectivity index (χ1v) is 8.56. The number of thiophene rings is 1. The van der Waals surface area contributed by atoms with Gasteiger partial charge in [-0.1, -0.05) is 0 Å². The van der Waals surface area contributed by atoms with E-state index in [4.69, 9.17) is 0 Å². The van der Waals surface area contributed by atoms with Crippen LogP contribution in [0.5, 0.6) is 5.75 Å². The highest BCUT2D eigenvalue weighted by atomic mass is 32.1. The molecule has 2 aromatic rings. The van der Waals surface area contributed by atoms with Gasteiger partial charge in [0.1, 0.15) is 5.75 Å². The molecule has 1 amide bonds. The Bertz CT molecular complexity index is 703. The lowest BCUT2D eigenvalue weighted by molar-refractivity contribution is -0.121. The van der Waals surface area contributed by atoms with Gasteiger partial charge in [0.05, 0.1) is 6.04 Å². The van der Waals surface area contributed by atoms with Gasteiger partial charge in [0.15, 0.2) is 0 Å². The van der Waals surface area contributed by atoms with E-state index in [0.717, 1.165) is 19.5 Å². The van der Waals surface area contributed by atoms with Crippen LogP contribution in [-0.2, 0) is 17.8 Å². The smallest absolute Gasteiger partial charge is 0.387 e. The second-order valence-corrected chi connectivity index (χ2v) is 6.66. The number of ether oxygens (including phenoxy) is 1. The van der Waals surface area contributed by atoms with E-state index in [9.17, 15) is 13.6 Å². The normalized spacial score (nSPS) is 15.8. The predicted molar refractivity (Wildman–Crippen MR) is 89.6 cm³/mol. The maximum absolute atomic E-state index is 12.4. The molecule has 4 nitrogen and oxygen atoms in total. The van der Waals surface area contributed by atoms with Gasteiger partial charge >= 0.3 is 6.61 Å². The SMILES string of the molecule is CC(C(=O)Nc1ccc(OC(F)F)cc1)N1CCc2sccc2C1.